The summed E-state index contributed by atoms with van der Waals surface area (Å²) in [6.07, 6.45) is 0. The third kappa shape index (κ3) is 17.9. The standard InChI is InChI=1S/CH5N3.CH2N2/c2-1(3)4;1-3-2/h(H5,2,3,4);1H2. The molecule has 40 valence electrons. The molecule has 0 aromatic heterocycles. The van der Waals surface area contributed by atoms with Gasteiger partial charge in [-0.15, -0.1) is 0 Å². The Balaban J connectivity index is 0. The minimum atomic E-state index is -0.333. The van der Waals surface area contributed by atoms with Gasteiger partial charge in [-0.05, 0) is 0 Å². The Hall–Kier alpha value is -1.35. The van der Waals surface area contributed by atoms with Crippen molar-refractivity contribution >= 4 is 12.7 Å². The highest BCUT2D eigenvalue weighted by Crippen LogP contribution is 1.13. The van der Waals surface area contributed by atoms with E-state index in [1.807, 2.05) is 0 Å². The molecule has 0 spiro atoms. The summed E-state index contributed by atoms with van der Waals surface area (Å²) in [5.74, 6) is -0.333. The third-order valence-corrected chi connectivity index (χ3v) is 0. The maximum atomic E-state index is 7.08. The Labute approximate surface area is 41.1 Å². The fourth-order valence-electron chi connectivity index (χ4n) is 0. The minimum absolute atomic E-state index is 0.333. The van der Waals surface area contributed by atoms with E-state index in [0.717, 1.165) is 0 Å². The Kier molecular flexibility index (Phi) is 11.6. The fraction of sp³-hybridized carbons (Fsp3) is 0. The first kappa shape index (κ1) is 9.17. The average Bonchev–Trinajstić information content (AvgIpc) is 1.33. The summed E-state index contributed by atoms with van der Waals surface area (Å²) in [5.41, 5.74) is 16.0. The number of nitrogens with zero attached hydrogens (tertiary/aromatic N) is 2. The number of nitrogens with two attached hydrogens (primary N) is 2. The predicted octanol–water partition coefficient (Wildman–Crippen LogP) is -1.24. The summed E-state index contributed by atoms with van der Waals surface area (Å²) < 4.78 is 0. The molecule has 0 aliphatic carbocycles. The van der Waals surface area contributed by atoms with Crippen molar-refractivity contribution in [2.45, 2.75) is 0 Å². The van der Waals surface area contributed by atoms with Gasteiger partial charge in [-0.2, -0.15) is 4.79 Å². The zero-order valence-electron chi connectivity index (χ0n) is 3.76. The van der Waals surface area contributed by atoms with Crippen LogP contribution in [0.15, 0.2) is 0 Å². The molecule has 0 aromatic rings. The van der Waals surface area contributed by atoms with E-state index in [0.29, 0.717) is 0 Å². The summed E-state index contributed by atoms with van der Waals surface area (Å²) in [5, 5.41) is 6.06. The van der Waals surface area contributed by atoms with Crippen LogP contribution < -0.4 is 11.5 Å². The summed E-state index contributed by atoms with van der Waals surface area (Å²) in [6, 6.07) is 0. The summed E-state index contributed by atoms with van der Waals surface area (Å²) >= 11 is 0. The molecule has 0 fully saturated rings. The van der Waals surface area contributed by atoms with Crippen LogP contribution in [0.4, 0.5) is 0 Å². The monoisotopic (exact) mass is 101 g/mol. The lowest BCUT2D eigenvalue weighted by atomic mass is 11.1. The lowest BCUT2D eigenvalue weighted by Gasteiger charge is -1.69. The minimum Gasteiger partial charge on any atom is -0.370 e. The Morgan fingerprint density at radius 2 is 1.71 bits per heavy atom. The number of guanidine groups is 1. The van der Waals surface area contributed by atoms with Gasteiger partial charge >= 0.3 is 0 Å². The first-order valence-electron chi connectivity index (χ1n) is 1.34. The molecule has 0 aliphatic heterocycles. The Morgan fingerprint density at radius 1 is 1.71 bits per heavy atom. The van der Waals surface area contributed by atoms with Crippen LogP contribution >= 0.6 is 0 Å². The number of hydrogen-bond donors (Lipinski definition) is 3. The molecule has 7 heavy (non-hydrogen) atoms. The van der Waals surface area contributed by atoms with Gasteiger partial charge in [0.1, 0.15) is 0 Å². The molecule has 0 atom stereocenters. The summed E-state index contributed by atoms with van der Waals surface area (Å²) in [6.45, 7) is 2.67. The van der Waals surface area contributed by atoms with Crippen LogP contribution in [-0.2, 0) is 0 Å². The molecule has 5 heteroatoms. The largest absolute Gasteiger partial charge is 0.370 e. The van der Waals surface area contributed by atoms with Gasteiger partial charge in [0, 0.05) is 0 Å². The van der Waals surface area contributed by atoms with Gasteiger partial charge < -0.3 is 17.0 Å². The van der Waals surface area contributed by atoms with Crippen LogP contribution in [-0.4, -0.2) is 17.5 Å². The molecular weight excluding hydrogens is 94.1 g/mol. The van der Waals surface area contributed by atoms with Gasteiger partial charge in [-0.1, -0.05) is 0 Å². The molecule has 0 heterocycles. The molecule has 0 aliphatic rings. The van der Waals surface area contributed by atoms with Crippen molar-refractivity contribution < 1.29 is 4.79 Å². The van der Waals surface area contributed by atoms with E-state index in [1.165, 1.54) is 0 Å². The molecule has 0 unspecified atom stereocenters. The molecule has 0 saturated carbocycles. The van der Waals surface area contributed by atoms with E-state index < -0.39 is 0 Å². The van der Waals surface area contributed by atoms with E-state index in [9.17, 15) is 0 Å². The second-order valence-corrected chi connectivity index (χ2v) is 0.597. The van der Waals surface area contributed by atoms with Gasteiger partial charge in [-0.3, -0.25) is 5.41 Å². The van der Waals surface area contributed by atoms with Gasteiger partial charge in [-0.25, -0.2) is 0 Å². The summed E-state index contributed by atoms with van der Waals surface area (Å²) in [7, 11) is 0. The molecule has 0 amide bonds. The van der Waals surface area contributed by atoms with E-state index in [2.05, 4.69) is 23.0 Å². The van der Waals surface area contributed by atoms with Crippen LogP contribution in [0.1, 0.15) is 0 Å². The van der Waals surface area contributed by atoms with Crippen LogP contribution in [0.2, 0.25) is 0 Å². The lowest BCUT2D eigenvalue weighted by molar-refractivity contribution is 0.0110. The van der Waals surface area contributed by atoms with E-state index in [1.54, 1.807) is 0 Å². The maximum Gasteiger partial charge on any atom is 0.245 e. The van der Waals surface area contributed by atoms with Gasteiger partial charge in [0.2, 0.25) is 6.72 Å². The molecule has 0 radical (unpaired) electrons. The zero-order valence-corrected chi connectivity index (χ0v) is 3.76. The highest BCUT2D eigenvalue weighted by atomic mass is 14.9. The fourth-order valence-corrected chi connectivity index (χ4v) is 0. The Morgan fingerprint density at radius 3 is 1.71 bits per heavy atom. The van der Waals surface area contributed by atoms with E-state index >= 15 is 0 Å². The number of rotatable bonds is 0. The highest BCUT2D eigenvalue weighted by Gasteiger charge is 1.52. The SMILES string of the molecule is C=[N+]=[N-].N=C(N)N. The summed E-state index contributed by atoms with van der Waals surface area (Å²) in [4.78, 5) is 2.25. The topological polar surface area (TPSA) is 112 Å². The van der Waals surface area contributed by atoms with Crippen molar-refractivity contribution in [2.75, 3.05) is 0 Å². The number of hydrogen-bond acceptors (Lipinski definition) is 1. The third-order valence-electron chi connectivity index (χ3n) is 0. The molecule has 5 N–H and O–H groups in total. The molecule has 5 nitrogen and oxygen atoms in total. The van der Waals surface area contributed by atoms with Crippen molar-refractivity contribution in [3.05, 3.63) is 5.53 Å². The van der Waals surface area contributed by atoms with Crippen molar-refractivity contribution in [2.24, 2.45) is 11.5 Å². The molecular formula is C2H7N5. The molecule has 0 rings (SSSR count). The molecule has 0 saturated heterocycles. The number of nitrogens with one attached hydrogen (secondary N) is 1. The maximum absolute atomic E-state index is 7.08. The zero-order chi connectivity index (χ0) is 6.28. The van der Waals surface area contributed by atoms with Crippen molar-refractivity contribution in [3.63, 3.8) is 0 Å². The molecule has 0 aromatic carbocycles. The second-order valence-electron chi connectivity index (χ2n) is 0.597. The normalized spacial score (nSPS) is 4.57. The average molecular weight is 101 g/mol. The first-order valence-corrected chi connectivity index (χ1v) is 1.34. The highest BCUT2D eigenvalue weighted by molar-refractivity contribution is 5.71. The molecule has 0 bridgehead atoms. The van der Waals surface area contributed by atoms with Gasteiger partial charge in [0.05, 0.1) is 0 Å². The van der Waals surface area contributed by atoms with Crippen LogP contribution in [0.25, 0.3) is 5.53 Å². The van der Waals surface area contributed by atoms with Crippen molar-refractivity contribution in [1.29, 1.82) is 5.41 Å². The van der Waals surface area contributed by atoms with Crippen molar-refractivity contribution in [1.82, 2.24) is 0 Å². The quantitative estimate of drug-likeness (QED) is 0.153. The van der Waals surface area contributed by atoms with Gasteiger partial charge in [0.15, 0.2) is 5.96 Å². The van der Waals surface area contributed by atoms with Crippen LogP contribution in [0, 0.1) is 5.41 Å². The Bertz CT molecular complexity index is 74.1. The smallest absolute Gasteiger partial charge is 0.245 e. The second kappa shape index (κ2) is 8.82. The van der Waals surface area contributed by atoms with E-state index in [4.69, 9.17) is 10.9 Å². The predicted molar refractivity (Wildman–Crippen MR) is 26.8 cm³/mol. The van der Waals surface area contributed by atoms with Crippen molar-refractivity contribution in [3.8, 4) is 0 Å². The van der Waals surface area contributed by atoms with E-state index in [-0.39, 0.29) is 5.96 Å². The first-order chi connectivity index (χ1) is 3.15. The van der Waals surface area contributed by atoms with Crippen LogP contribution in [0.5, 0.6) is 0 Å². The lowest BCUT2D eigenvalue weighted by Crippen LogP contribution is -2.20. The van der Waals surface area contributed by atoms with Gasteiger partial charge in [0.25, 0.3) is 0 Å². The van der Waals surface area contributed by atoms with Crippen LogP contribution in [0.3, 0.4) is 0 Å².